The van der Waals surface area contributed by atoms with Crippen LogP contribution in [-0.2, 0) is 19.1 Å². The van der Waals surface area contributed by atoms with Crippen molar-refractivity contribution in [3.8, 4) is 11.1 Å². The molecule has 1 heterocycles. The Balaban J connectivity index is 2.00. The van der Waals surface area contributed by atoms with E-state index >= 15 is 0 Å². The Morgan fingerprint density at radius 2 is 1.65 bits per heavy atom. The first kappa shape index (κ1) is 17.4. The summed E-state index contributed by atoms with van der Waals surface area (Å²) < 4.78 is 10.1. The normalized spacial score (nSPS) is 15.8. The van der Waals surface area contributed by atoms with Gasteiger partial charge in [-0.1, -0.05) is 36.4 Å². The van der Waals surface area contributed by atoms with Gasteiger partial charge < -0.3 is 14.6 Å². The highest BCUT2D eigenvalue weighted by Gasteiger charge is 2.38. The summed E-state index contributed by atoms with van der Waals surface area (Å²) in [5.74, 6) is -3.86. The van der Waals surface area contributed by atoms with Crippen LogP contribution in [-0.4, -0.2) is 28.8 Å². The quantitative estimate of drug-likeness (QED) is 0.518. The van der Waals surface area contributed by atoms with Gasteiger partial charge in [-0.15, -0.1) is 0 Å². The zero-order chi connectivity index (χ0) is 18.9. The topological polar surface area (TPSA) is 89.9 Å². The smallest absolute Gasteiger partial charge is 0.348 e. The molecule has 0 spiro atoms. The van der Waals surface area contributed by atoms with Crippen molar-refractivity contribution in [2.75, 3.05) is 0 Å². The van der Waals surface area contributed by atoms with Crippen molar-refractivity contribution < 1.29 is 29.0 Å². The number of benzene rings is 2. The third kappa shape index (κ3) is 3.49. The molecule has 0 bridgehead atoms. The third-order valence-corrected chi connectivity index (χ3v) is 3.78. The van der Waals surface area contributed by atoms with E-state index in [0.717, 1.165) is 0 Å². The lowest BCUT2D eigenvalue weighted by molar-refractivity contribution is -0.222. The fourth-order valence-corrected chi connectivity index (χ4v) is 2.66. The number of hydrogen-bond acceptors (Lipinski definition) is 5. The Bertz CT molecular complexity index is 917. The van der Waals surface area contributed by atoms with E-state index in [1.54, 1.807) is 42.5 Å². The summed E-state index contributed by atoms with van der Waals surface area (Å²) in [4.78, 5) is 35.5. The largest absolute Gasteiger partial charge is 0.478 e. The van der Waals surface area contributed by atoms with Crippen molar-refractivity contribution in [1.29, 1.82) is 0 Å². The molecule has 1 fully saturated rings. The number of ether oxygens (including phenoxy) is 2. The molecule has 0 radical (unpaired) electrons. The Labute approximate surface area is 149 Å². The standard InChI is InChI=1S/C20H16O6/c1-20(2)25-18(23)16(19(24)26-20)11-12-6-5-7-13(10-12)14-8-3-4-9-15(14)17(21)22/h3-11H,1-2H3,(H,21,22). The van der Waals surface area contributed by atoms with Crippen molar-refractivity contribution in [2.24, 2.45) is 0 Å². The number of rotatable bonds is 3. The summed E-state index contributed by atoms with van der Waals surface area (Å²) in [6.45, 7) is 2.95. The van der Waals surface area contributed by atoms with Crippen LogP contribution in [0, 0.1) is 0 Å². The molecule has 26 heavy (non-hydrogen) atoms. The molecule has 1 aliphatic heterocycles. The maximum absolute atomic E-state index is 12.1. The van der Waals surface area contributed by atoms with E-state index in [4.69, 9.17) is 9.47 Å². The van der Waals surface area contributed by atoms with Crippen LogP contribution in [0.4, 0.5) is 0 Å². The zero-order valence-electron chi connectivity index (χ0n) is 14.2. The second-order valence-corrected chi connectivity index (χ2v) is 6.21. The maximum Gasteiger partial charge on any atom is 0.348 e. The predicted molar refractivity (Wildman–Crippen MR) is 93.1 cm³/mol. The van der Waals surface area contributed by atoms with Gasteiger partial charge in [0, 0.05) is 13.8 Å². The molecule has 132 valence electrons. The number of esters is 2. The van der Waals surface area contributed by atoms with Gasteiger partial charge in [0.25, 0.3) is 5.79 Å². The molecular weight excluding hydrogens is 336 g/mol. The summed E-state index contributed by atoms with van der Waals surface area (Å²) in [6.07, 6.45) is 1.37. The molecule has 2 aromatic rings. The van der Waals surface area contributed by atoms with Crippen LogP contribution < -0.4 is 0 Å². The van der Waals surface area contributed by atoms with Crippen LogP contribution >= 0.6 is 0 Å². The van der Waals surface area contributed by atoms with E-state index in [1.807, 2.05) is 0 Å². The maximum atomic E-state index is 12.1. The highest BCUT2D eigenvalue weighted by atomic mass is 16.7. The molecule has 6 heteroatoms. The van der Waals surface area contributed by atoms with E-state index < -0.39 is 23.7 Å². The first-order valence-electron chi connectivity index (χ1n) is 7.88. The lowest BCUT2D eigenvalue weighted by atomic mass is 9.97. The molecule has 0 amide bonds. The molecular formula is C20H16O6. The molecule has 0 atom stereocenters. The Kier molecular flexibility index (Phi) is 4.34. The van der Waals surface area contributed by atoms with Crippen LogP contribution in [0.25, 0.3) is 17.2 Å². The Hall–Kier alpha value is -3.41. The van der Waals surface area contributed by atoms with Gasteiger partial charge in [0.2, 0.25) is 0 Å². The number of carbonyl (C=O) groups is 3. The molecule has 0 saturated carbocycles. The van der Waals surface area contributed by atoms with E-state index in [0.29, 0.717) is 16.7 Å². The minimum Gasteiger partial charge on any atom is -0.478 e. The number of carboxylic acid groups (broad SMARTS) is 1. The first-order valence-corrected chi connectivity index (χ1v) is 7.88. The van der Waals surface area contributed by atoms with Crippen molar-refractivity contribution in [2.45, 2.75) is 19.6 Å². The van der Waals surface area contributed by atoms with E-state index in [-0.39, 0.29) is 11.1 Å². The summed E-state index contributed by atoms with van der Waals surface area (Å²) >= 11 is 0. The van der Waals surface area contributed by atoms with Crippen LogP contribution in [0.5, 0.6) is 0 Å². The van der Waals surface area contributed by atoms with Crippen LogP contribution in [0.2, 0.25) is 0 Å². The second-order valence-electron chi connectivity index (χ2n) is 6.21. The van der Waals surface area contributed by atoms with E-state index in [1.165, 1.54) is 26.0 Å². The Morgan fingerprint density at radius 1 is 1.00 bits per heavy atom. The van der Waals surface area contributed by atoms with Crippen LogP contribution in [0.15, 0.2) is 54.1 Å². The van der Waals surface area contributed by atoms with Crippen LogP contribution in [0.3, 0.4) is 0 Å². The average Bonchev–Trinajstić information content (AvgIpc) is 2.57. The third-order valence-electron chi connectivity index (χ3n) is 3.78. The second kappa shape index (κ2) is 6.48. The number of hydrogen-bond donors (Lipinski definition) is 1. The van der Waals surface area contributed by atoms with Crippen molar-refractivity contribution in [3.63, 3.8) is 0 Å². The number of carbonyl (C=O) groups excluding carboxylic acids is 2. The molecule has 3 rings (SSSR count). The molecule has 1 N–H and O–H groups in total. The summed E-state index contributed by atoms with van der Waals surface area (Å²) in [5, 5.41) is 9.34. The van der Waals surface area contributed by atoms with E-state index in [9.17, 15) is 19.5 Å². The van der Waals surface area contributed by atoms with Gasteiger partial charge in [0.15, 0.2) is 0 Å². The monoisotopic (exact) mass is 352 g/mol. The van der Waals surface area contributed by atoms with Gasteiger partial charge in [0.1, 0.15) is 5.57 Å². The number of aromatic carboxylic acids is 1. The first-order chi connectivity index (χ1) is 12.3. The van der Waals surface area contributed by atoms with Crippen LogP contribution in [0.1, 0.15) is 29.8 Å². The van der Waals surface area contributed by atoms with Gasteiger partial charge in [-0.3, -0.25) is 0 Å². The lowest BCUT2D eigenvalue weighted by Gasteiger charge is -2.29. The van der Waals surface area contributed by atoms with Gasteiger partial charge in [-0.2, -0.15) is 0 Å². The van der Waals surface area contributed by atoms with Gasteiger partial charge >= 0.3 is 17.9 Å². The number of carboxylic acids is 1. The van der Waals surface area contributed by atoms with Gasteiger partial charge in [0.05, 0.1) is 5.56 Å². The van der Waals surface area contributed by atoms with Gasteiger partial charge in [-0.25, -0.2) is 14.4 Å². The van der Waals surface area contributed by atoms with E-state index in [2.05, 4.69) is 0 Å². The molecule has 1 saturated heterocycles. The molecule has 0 unspecified atom stereocenters. The highest BCUT2D eigenvalue weighted by Crippen LogP contribution is 2.27. The SMILES string of the molecule is CC1(C)OC(=O)C(=Cc2cccc(-c3ccccc3C(=O)O)c2)C(=O)O1. The fourth-order valence-electron chi connectivity index (χ4n) is 2.66. The summed E-state index contributed by atoms with van der Waals surface area (Å²) in [6, 6.07) is 13.4. The minimum atomic E-state index is -1.30. The predicted octanol–water partition coefficient (Wildman–Crippen LogP) is 3.27. The summed E-state index contributed by atoms with van der Waals surface area (Å²) in [7, 11) is 0. The molecule has 1 aliphatic rings. The van der Waals surface area contributed by atoms with Crippen molar-refractivity contribution in [3.05, 3.63) is 65.2 Å². The lowest BCUT2D eigenvalue weighted by Crippen LogP contribution is -2.41. The summed E-state index contributed by atoms with van der Waals surface area (Å²) in [5.41, 5.74) is 1.68. The minimum absolute atomic E-state index is 0.163. The number of cyclic esters (lactones) is 2. The van der Waals surface area contributed by atoms with Gasteiger partial charge in [-0.05, 0) is 34.9 Å². The molecule has 0 aliphatic carbocycles. The Morgan fingerprint density at radius 3 is 2.31 bits per heavy atom. The highest BCUT2D eigenvalue weighted by molar-refractivity contribution is 6.18. The molecule has 2 aromatic carbocycles. The van der Waals surface area contributed by atoms with Crippen molar-refractivity contribution >= 4 is 24.0 Å². The molecule has 0 aromatic heterocycles. The van der Waals surface area contributed by atoms with Crippen molar-refractivity contribution in [1.82, 2.24) is 0 Å². The molecule has 6 nitrogen and oxygen atoms in total. The fraction of sp³-hybridized carbons (Fsp3) is 0.150. The zero-order valence-corrected chi connectivity index (χ0v) is 14.2. The average molecular weight is 352 g/mol.